The second-order valence-corrected chi connectivity index (χ2v) is 11.7. The average Bonchev–Trinajstić information content (AvgIpc) is 3.00. The lowest BCUT2D eigenvalue weighted by Gasteiger charge is -2.64. The molecule has 4 fully saturated rings. The fraction of sp³-hybridized carbons (Fsp3) is 0.958. The summed E-state index contributed by atoms with van der Waals surface area (Å²) in [6, 6.07) is 0. The standard InChI is InChI=1S/C24H40O6/c1-13(4-7-20(27)28)15-5-6-16-21-17(11-19(26)23(15,16)3)22(2)8-9-24(29,30)12-14(22)10-18(21)25/h13-19,21,25-26,29-30H,4-12H2,1-3H3,(H,27,28)/t13-,14-,15-,16+,17+,18-,19+,21+,22+,23-/m1/s1. The van der Waals surface area contributed by atoms with Crippen molar-refractivity contribution in [1.82, 2.24) is 0 Å². The van der Waals surface area contributed by atoms with E-state index < -0.39 is 24.0 Å². The Morgan fingerprint density at radius 2 is 1.77 bits per heavy atom. The lowest BCUT2D eigenvalue weighted by molar-refractivity contribution is -0.255. The van der Waals surface area contributed by atoms with Gasteiger partial charge in [-0.15, -0.1) is 0 Å². The maximum absolute atomic E-state index is 11.5. The zero-order valence-corrected chi connectivity index (χ0v) is 18.6. The second kappa shape index (κ2) is 7.43. The van der Waals surface area contributed by atoms with Gasteiger partial charge in [-0.25, -0.2) is 0 Å². The molecule has 4 saturated carbocycles. The molecule has 4 rings (SSSR count). The molecule has 0 aromatic heterocycles. The molecule has 5 N–H and O–H groups in total. The molecule has 0 aliphatic heterocycles. The zero-order valence-electron chi connectivity index (χ0n) is 18.6. The number of carbonyl (C=O) groups is 1. The van der Waals surface area contributed by atoms with Crippen LogP contribution in [0.1, 0.15) is 78.6 Å². The molecule has 10 atom stereocenters. The van der Waals surface area contributed by atoms with Gasteiger partial charge in [0.1, 0.15) is 0 Å². The second-order valence-electron chi connectivity index (χ2n) is 11.7. The molecule has 172 valence electrons. The molecular weight excluding hydrogens is 384 g/mol. The number of carboxylic acids is 1. The Hall–Kier alpha value is -0.690. The van der Waals surface area contributed by atoms with Crippen LogP contribution in [0.5, 0.6) is 0 Å². The third-order valence-corrected chi connectivity index (χ3v) is 10.4. The van der Waals surface area contributed by atoms with E-state index in [1.54, 1.807) is 0 Å². The topological polar surface area (TPSA) is 118 Å². The van der Waals surface area contributed by atoms with Gasteiger partial charge < -0.3 is 25.5 Å². The van der Waals surface area contributed by atoms with Crippen molar-refractivity contribution in [3.05, 3.63) is 0 Å². The van der Waals surface area contributed by atoms with Crippen LogP contribution in [0.25, 0.3) is 0 Å². The molecule has 0 saturated heterocycles. The summed E-state index contributed by atoms with van der Waals surface area (Å²) < 4.78 is 0. The number of hydrogen-bond donors (Lipinski definition) is 5. The molecule has 0 aromatic carbocycles. The number of aliphatic carboxylic acids is 1. The van der Waals surface area contributed by atoms with E-state index in [4.69, 9.17) is 5.11 Å². The summed E-state index contributed by atoms with van der Waals surface area (Å²) in [5.41, 5.74) is -0.385. The minimum atomic E-state index is -1.64. The summed E-state index contributed by atoms with van der Waals surface area (Å²) in [6.45, 7) is 6.55. The van der Waals surface area contributed by atoms with Crippen LogP contribution >= 0.6 is 0 Å². The fourth-order valence-electron chi connectivity index (χ4n) is 8.68. The van der Waals surface area contributed by atoms with E-state index in [1.807, 2.05) is 0 Å². The zero-order chi connectivity index (χ0) is 22.1. The van der Waals surface area contributed by atoms with E-state index in [0.717, 1.165) is 12.8 Å². The molecule has 0 aromatic rings. The van der Waals surface area contributed by atoms with Crippen molar-refractivity contribution in [1.29, 1.82) is 0 Å². The Bertz CT molecular complexity index is 679. The van der Waals surface area contributed by atoms with Gasteiger partial charge in [0.2, 0.25) is 0 Å². The van der Waals surface area contributed by atoms with Gasteiger partial charge in [-0.05, 0) is 84.9 Å². The molecular formula is C24H40O6. The van der Waals surface area contributed by atoms with Crippen LogP contribution < -0.4 is 0 Å². The molecule has 0 radical (unpaired) electrons. The van der Waals surface area contributed by atoms with Crippen LogP contribution in [0.3, 0.4) is 0 Å². The summed E-state index contributed by atoms with van der Waals surface area (Å²) in [4.78, 5) is 11.1. The summed E-state index contributed by atoms with van der Waals surface area (Å²) in [7, 11) is 0. The summed E-state index contributed by atoms with van der Waals surface area (Å²) >= 11 is 0. The van der Waals surface area contributed by atoms with Crippen molar-refractivity contribution in [3.8, 4) is 0 Å². The highest BCUT2D eigenvalue weighted by atomic mass is 16.5. The normalized spacial score (nSPS) is 50.8. The number of carboxylic acid groups (broad SMARTS) is 1. The highest BCUT2D eigenvalue weighted by Gasteiger charge is 2.66. The van der Waals surface area contributed by atoms with Crippen LogP contribution in [0, 0.1) is 46.3 Å². The van der Waals surface area contributed by atoms with E-state index in [-0.39, 0.29) is 52.8 Å². The molecule has 0 amide bonds. The van der Waals surface area contributed by atoms with E-state index >= 15 is 0 Å². The van der Waals surface area contributed by atoms with Crippen LogP contribution in [-0.4, -0.2) is 49.5 Å². The van der Waals surface area contributed by atoms with Crippen molar-refractivity contribution in [2.24, 2.45) is 46.3 Å². The Balaban J connectivity index is 1.61. The van der Waals surface area contributed by atoms with Crippen LogP contribution in [-0.2, 0) is 4.79 Å². The van der Waals surface area contributed by atoms with Crippen molar-refractivity contribution in [2.45, 2.75) is 96.6 Å². The van der Waals surface area contributed by atoms with Gasteiger partial charge in [0, 0.05) is 19.3 Å². The third kappa shape index (κ3) is 3.33. The summed E-state index contributed by atoms with van der Waals surface area (Å²) in [5, 5.41) is 52.3. The quantitative estimate of drug-likeness (QED) is 0.443. The number of aliphatic hydroxyl groups excluding tert-OH is 2. The monoisotopic (exact) mass is 424 g/mol. The fourth-order valence-corrected chi connectivity index (χ4v) is 8.68. The maximum Gasteiger partial charge on any atom is 0.303 e. The predicted octanol–water partition coefficient (Wildman–Crippen LogP) is 2.77. The van der Waals surface area contributed by atoms with Gasteiger partial charge in [0.15, 0.2) is 5.79 Å². The molecule has 0 unspecified atom stereocenters. The number of fused-ring (bicyclic) bond motifs is 5. The van der Waals surface area contributed by atoms with E-state index in [2.05, 4.69) is 20.8 Å². The van der Waals surface area contributed by atoms with E-state index in [0.29, 0.717) is 38.5 Å². The summed E-state index contributed by atoms with van der Waals surface area (Å²) in [5.74, 6) is -1.32. The molecule has 0 spiro atoms. The minimum absolute atomic E-state index is 0.0562. The SMILES string of the molecule is C[C@H](CCC(=O)O)[C@H]1CC[C@H]2[C@@H]3[C@H](O)C[C@@H]4CC(O)(O)CC[C@]4(C)[C@H]3C[C@H](O)[C@]12C. The van der Waals surface area contributed by atoms with Gasteiger partial charge in [-0.2, -0.15) is 0 Å². The highest BCUT2D eigenvalue weighted by Crippen LogP contribution is 2.68. The third-order valence-electron chi connectivity index (χ3n) is 10.4. The Morgan fingerprint density at radius 3 is 2.43 bits per heavy atom. The van der Waals surface area contributed by atoms with Crippen molar-refractivity contribution >= 4 is 5.97 Å². The van der Waals surface area contributed by atoms with Crippen LogP contribution in [0.4, 0.5) is 0 Å². The first-order valence-corrected chi connectivity index (χ1v) is 11.9. The maximum atomic E-state index is 11.5. The largest absolute Gasteiger partial charge is 0.481 e. The first-order chi connectivity index (χ1) is 13.9. The first kappa shape index (κ1) is 22.5. The number of hydrogen-bond acceptors (Lipinski definition) is 5. The van der Waals surface area contributed by atoms with Gasteiger partial charge in [-0.3, -0.25) is 4.79 Å². The Kier molecular flexibility index (Phi) is 5.57. The highest BCUT2D eigenvalue weighted by molar-refractivity contribution is 5.66. The molecule has 4 aliphatic carbocycles. The molecule has 30 heavy (non-hydrogen) atoms. The van der Waals surface area contributed by atoms with Gasteiger partial charge in [0.05, 0.1) is 12.2 Å². The van der Waals surface area contributed by atoms with Crippen LogP contribution in [0.15, 0.2) is 0 Å². The van der Waals surface area contributed by atoms with Gasteiger partial charge >= 0.3 is 5.97 Å². The Labute approximate surface area is 179 Å². The van der Waals surface area contributed by atoms with Gasteiger partial charge in [-0.1, -0.05) is 20.8 Å². The molecule has 6 nitrogen and oxygen atoms in total. The van der Waals surface area contributed by atoms with E-state index in [9.17, 15) is 25.2 Å². The smallest absolute Gasteiger partial charge is 0.303 e. The lowest BCUT2D eigenvalue weighted by Crippen LogP contribution is -2.63. The van der Waals surface area contributed by atoms with Crippen molar-refractivity contribution in [3.63, 3.8) is 0 Å². The number of aliphatic hydroxyl groups is 4. The van der Waals surface area contributed by atoms with Gasteiger partial charge in [0.25, 0.3) is 0 Å². The number of rotatable bonds is 4. The Morgan fingerprint density at radius 1 is 1.07 bits per heavy atom. The van der Waals surface area contributed by atoms with Crippen LogP contribution in [0.2, 0.25) is 0 Å². The summed E-state index contributed by atoms with van der Waals surface area (Å²) in [6.07, 6.45) is 4.40. The van der Waals surface area contributed by atoms with E-state index in [1.165, 1.54) is 0 Å². The molecule has 6 heteroatoms. The van der Waals surface area contributed by atoms with Crippen molar-refractivity contribution in [2.75, 3.05) is 0 Å². The molecule has 0 heterocycles. The molecule has 4 aliphatic rings. The van der Waals surface area contributed by atoms with Crippen molar-refractivity contribution < 1.29 is 30.3 Å². The lowest BCUT2D eigenvalue weighted by atomic mass is 9.43. The average molecular weight is 425 g/mol. The minimum Gasteiger partial charge on any atom is -0.481 e. The predicted molar refractivity (Wildman–Crippen MR) is 111 cm³/mol. The first-order valence-electron chi connectivity index (χ1n) is 11.9. The molecule has 0 bridgehead atoms.